The number of carbonyl (C=O) groups excluding carboxylic acids is 1. The van der Waals surface area contributed by atoms with E-state index in [-0.39, 0.29) is 17.7 Å². The van der Waals surface area contributed by atoms with Gasteiger partial charge in [0.25, 0.3) is 0 Å². The molecule has 25 heavy (non-hydrogen) atoms. The van der Waals surface area contributed by atoms with Gasteiger partial charge >= 0.3 is 0 Å². The molecule has 9 nitrogen and oxygen atoms in total. The number of amides is 1. The molecule has 0 aliphatic heterocycles. The molecule has 0 saturated carbocycles. The summed E-state index contributed by atoms with van der Waals surface area (Å²) in [4.78, 5) is 11.9. The summed E-state index contributed by atoms with van der Waals surface area (Å²) in [5, 5.41) is 16.3. The number of nitrogens with one attached hydrogen (secondary N) is 1. The number of ether oxygens (including phenoxy) is 2. The molecule has 2 aromatic heterocycles. The van der Waals surface area contributed by atoms with E-state index in [2.05, 4.69) is 20.6 Å². The molecule has 0 unspecified atom stereocenters. The first-order chi connectivity index (χ1) is 12.0. The predicted octanol–water partition coefficient (Wildman–Crippen LogP) is 0.950. The van der Waals surface area contributed by atoms with Crippen molar-refractivity contribution in [2.45, 2.75) is 31.6 Å². The van der Waals surface area contributed by atoms with Gasteiger partial charge in [-0.2, -0.15) is 0 Å². The van der Waals surface area contributed by atoms with Gasteiger partial charge in [0.1, 0.15) is 5.56 Å². The molecule has 2 aromatic rings. The lowest BCUT2D eigenvalue weighted by atomic mass is 10.3. The Morgan fingerprint density at radius 3 is 2.76 bits per heavy atom. The number of aromatic nitrogens is 5. The minimum atomic E-state index is -0.0400. The van der Waals surface area contributed by atoms with Crippen LogP contribution in [0.4, 0.5) is 0 Å². The maximum absolute atomic E-state index is 11.9. The molecule has 0 bridgehead atoms. The topological polar surface area (TPSA) is 96.1 Å². The maximum Gasteiger partial charge on any atom is 0.243 e. The highest BCUT2D eigenvalue weighted by atomic mass is 32.2. The third-order valence-electron chi connectivity index (χ3n) is 3.25. The molecule has 0 atom stereocenters. The normalized spacial score (nSPS) is 11.1. The maximum atomic E-state index is 11.9. The van der Waals surface area contributed by atoms with Gasteiger partial charge in [0.05, 0.1) is 26.0 Å². The van der Waals surface area contributed by atoms with E-state index in [9.17, 15) is 4.79 Å². The van der Waals surface area contributed by atoms with Gasteiger partial charge in [-0.15, -0.1) is 15.3 Å². The quantitative estimate of drug-likeness (QED) is 0.658. The molecule has 138 valence electrons. The fourth-order valence-corrected chi connectivity index (χ4v) is 3.02. The van der Waals surface area contributed by atoms with Crippen LogP contribution in [-0.4, -0.2) is 63.1 Å². The van der Waals surface area contributed by atoms with E-state index in [4.69, 9.17) is 9.47 Å². The van der Waals surface area contributed by atoms with Gasteiger partial charge in [-0.05, 0) is 13.8 Å². The average Bonchev–Trinajstić information content (AvgIpc) is 3.12. The second kappa shape index (κ2) is 8.86. The molecule has 2 heterocycles. The Kier molecular flexibility index (Phi) is 6.82. The van der Waals surface area contributed by atoms with Crippen molar-refractivity contribution in [1.29, 1.82) is 0 Å². The van der Waals surface area contributed by atoms with Gasteiger partial charge in [0.15, 0.2) is 11.0 Å². The predicted molar refractivity (Wildman–Crippen MR) is 94.7 cm³/mol. The third-order valence-corrected chi connectivity index (χ3v) is 4.21. The molecule has 1 amide bonds. The van der Waals surface area contributed by atoms with E-state index >= 15 is 0 Å². The number of thioether (sulfide) groups is 1. The van der Waals surface area contributed by atoms with Crippen molar-refractivity contribution in [2.24, 2.45) is 7.05 Å². The van der Waals surface area contributed by atoms with Gasteiger partial charge < -0.3 is 14.8 Å². The molecule has 0 aliphatic carbocycles. The first kappa shape index (κ1) is 19.3. The van der Waals surface area contributed by atoms with Crippen molar-refractivity contribution in [3.8, 4) is 17.3 Å². The molecule has 0 aromatic carbocycles. The van der Waals surface area contributed by atoms with Gasteiger partial charge in [-0.3, -0.25) is 14.0 Å². The standard InChI is InChI=1S/C15H24N6O3S/c1-10(2)16-12(22)9-25-15-18-17-13(21(15)6-7-23-4)11-8-20(3)19-14(11)24-5/h8,10H,6-7,9H2,1-5H3,(H,16,22). The van der Waals surface area contributed by atoms with Crippen LogP contribution in [0, 0.1) is 0 Å². The number of carbonyl (C=O) groups is 1. The molecular formula is C15H24N6O3S. The summed E-state index contributed by atoms with van der Waals surface area (Å²) >= 11 is 1.34. The lowest BCUT2D eigenvalue weighted by Gasteiger charge is -2.10. The molecule has 0 spiro atoms. The highest BCUT2D eigenvalue weighted by Crippen LogP contribution is 2.29. The smallest absolute Gasteiger partial charge is 0.243 e. The number of aryl methyl sites for hydroxylation is 1. The average molecular weight is 368 g/mol. The van der Waals surface area contributed by atoms with Crippen LogP contribution in [0.15, 0.2) is 11.4 Å². The van der Waals surface area contributed by atoms with Crippen LogP contribution in [0.1, 0.15) is 13.8 Å². The van der Waals surface area contributed by atoms with E-state index in [1.807, 2.05) is 31.7 Å². The lowest BCUT2D eigenvalue weighted by molar-refractivity contribution is -0.119. The van der Waals surface area contributed by atoms with Crippen molar-refractivity contribution in [1.82, 2.24) is 29.9 Å². The van der Waals surface area contributed by atoms with E-state index < -0.39 is 0 Å². The molecule has 0 radical (unpaired) electrons. The first-order valence-electron chi connectivity index (χ1n) is 7.88. The van der Waals surface area contributed by atoms with Crippen LogP contribution in [0.5, 0.6) is 5.88 Å². The van der Waals surface area contributed by atoms with Crippen LogP contribution >= 0.6 is 11.8 Å². The molecular weight excluding hydrogens is 344 g/mol. The number of nitrogens with zero attached hydrogens (tertiary/aromatic N) is 5. The van der Waals surface area contributed by atoms with E-state index in [0.717, 1.165) is 5.56 Å². The summed E-state index contributed by atoms with van der Waals surface area (Å²) in [5.74, 6) is 1.34. The summed E-state index contributed by atoms with van der Waals surface area (Å²) in [6.07, 6.45) is 1.83. The summed E-state index contributed by atoms with van der Waals surface area (Å²) in [6, 6.07) is 0.106. The number of hydrogen-bond donors (Lipinski definition) is 1. The van der Waals surface area contributed by atoms with Gasteiger partial charge in [-0.1, -0.05) is 11.8 Å². The largest absolute Gasteiger partial charge is 0.479 e. The zero-order chi connectivity index (χ0) is 18.4. The van der Waals surface area contributed by atoms with Crippen molar-refractivity contribution >= 4 is 17.7 Å². The molecule has 0 aliphatic rings. The zero-order valence-electron chi connectivity index (χ0n) is 15.1. The minimum absolute atomic E-state index is 0.0400. The van der Waals surface area contributed by atoms with Crippen molar-refractivity contribution in [3.05, 3.63) is 6.20 Å². The Labute approximate surface area is 151 Å². The second-order valence-electron chi connectivity index (χ2n) is 5.69. The van der Waals surface area contributed by atoms with Crippen LogP contribution in [-0.2, 0) is 23.1 Å². The minimum Gasteiger partial charge on any atom is -0.479 e. The zero-order valence-corrected chi connectivity index (χ0v) is 16.0. The summed E-state index contributed by atoms with van der Waals surface area (Å²) in [5.41, 5.74) is 0.743. The first-order valence-corrected chi connectivity index (χ1v) is 8.87. The summed E-state index contributed by atoms with van der Waals surface area (Å²) in [7, 11) is 5.01. The third kappa shape index (κ3) is 4.95. The monoisotopic (exact) mass is 368 g/mol. The molecule has 2 rings (SSSR count). The molecule has 10 heteroatoms. The van der Waals surface area contributed by atoms with Gasteiger partial charge in [-0.25, -0.2) is 0 Å². The number of hydrogen-bond acceptors (Lipinski definition) is 7. The Balaban J connectivity index is 2.26. The molecule has 1 N–H and O–H groups in total. The Morgan fingerprint density at radius 2 is 2.12 bits per heavy atom. The highest BCUT2D eigenvalue weighted by Gasteiger charge is 2.20. The van der Waals surface area contributed by atoms with Gasteiger partial charge in [0.2, 0.25) is 11.8 Å². The molecule has 0 saturated heterocycles. The summed E-state index contributed by atoms with van der Waals surface area (Å²) < 4.78 is 14.1. The van der Waals surface area contributed by atoms with Crippen LogP contribution in [0.25, 0.3) is 11.4 Å². The molecule has 0 fully saturated rings. The fourth-order valence-electron chi connectivity index (χ4n) is 2.24. The fraction of sp³-hybridized carbons (Fsp3) is 0.600. The Hall–Kier alpha value is -2.07. The summed E-state index contributed by atoms with van der Waals surface area (Å²) in [6.45, 7) is 4.91. The lowest BCUT2D eigenvalue weighted by Crippen LogP contribution is -2.31. The Bertz CT molecular complexity index is 712. The second-order valence-corrected chi connectivity index (χ2v) is 6.63. The number of methoxy groups -OCH3 is 2. The van der Waals surface area contributed by atoms with Crippen LogP contribution in [0.2, 0.25) is 0 Å². The van der Waals surface area contributed by atoms with Crippen molar-refractivity contribution in [2.75, 3.05) is 26.6 Å². The van der Waals surface area contributed by atoms with Gasteiger partial charge in [0, 0.05) is 26.4 Å². The van der Waals surface area contributed by atoms with Crippen molar-refractivity contribution in [3.63, 3.8) is 0 Å². The SMILES string of the molecule is COCCn1c(SCC(=O)NC(C)C)nnc1-c1cn(C)nc1OC. The van der Waals surface area contributed by atoms with Crippen LogP contribution < -0.4 is 10.1 Å². The van der Waals surface area contributed by atoms with E-state index in [1.54, 1.807) is 18.9 Å². The number of rotatable bonds is 9. The van der Waals surface area contributed by atoms with Crippen LogP contribution in [0.3, 0.4) is 0 Å². The Morgan fingerprint density at radius 1 is 1.36 bits per heavy atom. The van der Waals surface area contributed by atoms with E-state index in [1.165, 1.54) is 11.8 Å². The van der Waals surface area contributed by atoms with E-state index in [0.29, 0.717) is 30.0 Å². The van der Waals surface area contributed by atoms with Crippen molar-refractivity contribution < 1.29 is 14.3 Å². The highest BCUT2D eigenvalue weighted by molar-refractivity contribution is 7.99.